The molecule has 0 aliphatic carbocycles. The zero-order valence-corrected chi connectivity index (χ0v) is 19.9. The lowest BCUT2D eigenvalue weighted by molar-refractivity contribution is -0.138. The summed E-state index contributed by atoms with van der Waals surface area (Å²) in [6.07, 6.45) is 7.22. The Hall–Kier alpha value is -2.33. The van der Waals surface area contributed by atoms with E-state index in [1.807, 2.05) is 6.92 Å². The molecule has 0 spiro atoms. The zero-order valence-electron chi connectivity index (χ0n) is 19.0. The third-order valence-electron chi connectivity index (χ3n) is 6.58. The van der Waals surface area contributed by atoms with Gasteiger partial charge in [-0.25, -0.2) is 15.0 Å². The summed E-state index contributed by atoms with van der Waals surface area (Å²) in [5, 5.41) is 1.01. The highest BCUT2D eigenvalue weighted by Crippen LogP contribution is 2.33. The zero-order chi connectivity index (χ0) is 22.7. The van der Waals surface area contributed by atoms with Gasteiger partial charge in [0.15, 0.2) is 5.16 Å². The number of aryl methyl sites for hydroxylation is 1. The maximum absolute atomic E-state index is 13.2. The second kappa shape index (κ2) is 10.1. The van der Waals surface area contributed by atoms with E-state index in [1.54, 1.807) is 24.2 Å². The molecule has 1 amide bonds. The summed E-state index contributed by atoms with van der Waals surface area (Å²) in [4.78, 5) is 30.4. The number of carbonyl (C=O) groups is 1. The smallest absolute Gasteiger partial charge is 0.225 e. The number of aromatic nitrogens is 4. The number of nitrogens with two attached hydrogens (primary N) is 2. The summed E-state index contributed by atoms with van der Waals surface area (Å²) in [6.45, 7) is 8.32. The molecule has 2 aromatic heterocycles. The van der Waals surface area contributed by atoms with Gasteiger partial charge in [0.1, 0.15) is 5.82 Å². The third-order valence-corrected chi connectivity index (χ3v) is 7.42. The van der Waals surface area contributed by atoms with Gasteiger partial charge in [0.05, 0.1) is 5.69 Å². The fourth-order valence-electron chi connectivity index (χ4n) is 4.76. The molecule has 10 heteroatoms. The molecule has 4 N–H and O–H groups in total. The summed E-state index contributed by atoms with van der Waals surface area (Å²) < 4.78 is 2.20. The molecule has 32 heavy (non-hydrogen) atoms. The number of hydrogen-bond acceptors (Lipinski definition) is 8. The van der Waals surface area contributed by atoms with Crippen LogP contribution in [0.4, 0.5) is 11.8 Å². The number of nitrogen functional groups attached to an aromatic ring is 2. The Balaban J connectivity index is 1.28. The topological polar surface area (TPSA) is 119 Å². The number of rotatable bonds is 6. The second-order valence-electron chi connectivity index (χ2n) is 8.72. The molecule has 174 valence electrons. The molecule has 9 nitrogen and oxygen atoms in total. The Morgan fingerprint density at radius 3 is 2.38 bits per heavy atom. The van der Waals surface area contributed by atoms with Crippen LogP contribution in [0.25, 0.3) is 0 Å². The SMILES string of the molecule is CCSc1nc(C)c(N)n1C1CCN(C(=O)C2CCN(Cc3cnc(N)nc3)CC2)CC1. The Kier molecular flexibility index (Phi) is 7.20. The van der Waals surface area contributed by atoms with Gasteiger partial charge in [0.2, 0.25) is 11.9 Å². The van der Waals surface area contributed by atoms with E-state index in [0.717, 1.165) is 86.4 Å². The van der Waals surface area contributed by atoms with Crippen LogP contribution in [-0.4, -0.2) is 67.2 Å². The highest BCUT2D eigenvalue weighted by molar-refractivity contribution is 7.99. The fourth-order valence-corrected chi connectivity index (χ4v) is 5.61. The molecule has 2 aliphatic heterocycles. The Morgan fingerprint density at radius 2 is 1.75 bits per heavy atom. The molecule has 0 saturated carbocycles. The molecule has 2 fully saturated rings. The summed E-state index contributed by atoms with van der Waals surface area (Å²) in [5.41, 5.74) is 13.9. The van der Waals surface area contributed by atoms with E-state index in [4.69, 9.17) is 11.5 Å². The molecule has 0 unspecified atom stereocenters. The Labute approximate surface area is 194 Å². The summed E-state index contributed by atoms with van der Waals surface area (Å²) in [7, 11) is 0. The van der Waals surface area contributed by atoms with Crippen LogP contribution in [0.1, 0.15) is 49.9 Å². The number of hydrogen-bond donors (Lipinski definition) is 2. The number of thioether (sulfide) groups is 1. The van der Waals surface area contributed by atoms with Crippen LogP contribution < -0.4 is 11.5 Å². The van der Waals surface area contributed by atoms with E-state index in [2.05, 4.69) is 36.2 Å². The number of anilines is 2. The number of imidazole rings is 1. The fraction of sp³-hybridized carbons (Fsp3) is 0.636. The summed E-state index contributed by atoms with van der Waals surface area (Å²) >= 11 is 1.73. The standard InChI is InChI=1S/C22H34N8OS/c1-3-32-22-27-15(2)19(23)30(22)18-6-10-29(11-7-18)20(31)17-4-8-28(9-5-17)14-16-12-25-21(24)26-13-16/h12-13,17-18H,3-11,14,23H2,1-2H3,(H2,24,25,26). The van der Waals surface area contributed by atoms with E-state index in [9.17, 15) is 4.79 Å². The van der Waals surface area contributed by atoms with E-state index in [0.29, 0.717) is 17.9 Å². The molecule has 2 aliphatic rings. The lowest BCUT2D eigenvalue weighted by Crippen LogP contribution is -2.45. The third kappa shape index (κ3) is 5.01. The monoisotopic (exact) mass is 458 g/mol. The van der Waals surface area contributed by atoms with Crippen LogP contribution in [0.15, 0.2) is 17.6 Å². The van der Waals surface area contributed by atoms with Crippen molar-refractivity contribution >= 4 is 29.4 Å². The van der Waals surface area contributed by atoms with Gasteiger partial charge in [-0.15, -0.1) is 0 Å². The highest BCUT2D eigenvalue weighted by Gasteiger charge is 2.32. The average Bonchev–Trinajstić information content (AvgIpc) is 3.09. The molecule has 0 aromatic carbocycles. The van der Waals surface area contributed by atoms with Gasteiger partial charge in [-0.3, -0.25) is 9.69 Å². The minimum atomic E-state index is 0.122. The van der Waals surface area contributed by atoms with Gasteiger partial charge in [-0.05, 0) is 51.4 Å². The first-order valence-corrected chi connectivity index (χ1v) is 12.5. The average molecular weight is 459 g/mol. The van der Waals surface area contributed by atoms with E-state index in [1.165, 1.54) is 0 Å². The quantitative estimate of drug-likeness (QED) is 0.633. The van der Waals surface area contributed by atoms with Gasteiger partial charge in [-0.1, -0.05) is 18.7 Å². The van der Waals surface area contributed by atoms with Crippen LogP contribution in [0.5, 0.6) is 0 Å². The number of carbonyl (C=O) groups excluding carboxylic acids is 1. The minimum absolute atomic E-state index is 0.122. The first-order chi connectivity index (χ1) is 15.5. The van der Waals surface area contributed by atoms with Gasteiger partial charge in [0.25, 0.3) is 0 Å². The van der Waals surface area contributed by atoms with Crippen molar-refractivity contribution in [2.24, 2.45) is 5.92 Å². The van der Waals surface area contributed by atoms with Crippen molar-refractivity contribution in [2.75, 3.05) is 43.4 Å². The van der Waals surface area contributed by atoms with Crippen LogP contribution >= 0.6 is 11.8 Å². The lowest BCUT2D eigenvalue weighted by Gasteiger charge is -2.38. The summed E-state index contributed by atoms with van der Waals surface area (Å²) in [5.74, 6) is 2.48. The maximum Gasteiger partial charge on any atom is 0.225 e. The largest absolute Gasteiger partial charge is 0.384 e. The van der Waals surface area contributed by atoms with Gasteiger partial charge < -0.3 is 20.9 Å². The molecular weight excluding hydrogens is 424 g/mol. The molecule has 0 bridgehead atoms. The second-order valence-corrected chi connectivity index (χ2v) is 9.96. The van der Waals surface area contributed by atoms with Crippen molar-refractivity contribution in [3.05, 3.63) is 23.7 Å². The van der Waals surface area contributed by atoms with Crippen LogP contribution in [0, 0.1) is 12.8 Å². The molecule has 2 saturated heterocycles. The maximum atomic E-state index is 13.2. The Bertz CT molecular complexity index is 915. The van der Waals surface area contributed by atoms with Crippen LogP contribution in [-0.2, 0) is 11.3 Å². The van der Waals surface area contributed by atoms with Crippen LogP contribution in [0.2, 0.25) is 0 Å². The molecule has 0 atom stereocenters. The molecule has 2 aromatic rings. The van der Waals surface area contributed by atoms with Crippen molar-refractivity contribution in [1.29, 1.82) is 0 Å². The minimum Gasteiger partial charge on any atom is -0.384 e. The Morgan fingerprint density at radius 1 is 1.09 bits per heavy atom. The normalized spacial score (nSPS) is 18.9. The van der Waals surface area contributed by atoms with Gasteiger partial charge in [0, 0.05) is 49.6 Å². The van der Waals surface area contributed by atoms with Crippen molar-refractivity contribution in [3.8, 4) is 0 Å². The van der Waals surface area contributed by atoms with E-state index >= 15 is 0 Å². The predicted molar refractivity (Wildman–Crippen MR) is 127 cm³/mol. The number of likely N-dealkylation sites (tertiary alicyclic amines) is 2. The molecule has 0 radical (unpaired) electrons. The molecule has 4 rings (SSSR count). The first kappa shape index (κ1) is 22.8. The lowest BCUT2D eigenvalue weighted by atomic mass is 9.93. The van der Waals surface area contributed by atoms with E-state index in [-0.39, 0.29) is 5.92 Å². The number of nitrogens with zero attached hydrogens (tertiary/aromatic N) is 6. The van der Waals surface area contributed by atoms with Crippen molar-refractivity contribution in [2.45, 2.75) is 57.3 Å². The number of amides is 1. The van der Waals surface area contributed by atoms with Gasteiger partial charge in [-0.2, -0.15) is 0 Å². The van der Waals surface area contributed by atoms with Crippen molar-refractivity contribution in [3.63, 3.8) is 0 Å². The molecule has 4 heterocycles. The summed E-state index contributed by atoms with van der Waals surface area (Å²) in [6, 6.07) is 0.318. The van der Waals surface area contributed by atoms with E-state index < -0.39 is 0 Å². The predicted octanol–water partition coefficient (Wildman–Crippen LogP) is 2.33. The van der Waals surface area contributed by atoms with Crippen molar-refractivity contribution in [1.82, 2.24) is 29.3 Å². The van der Waals surface area contributed by atoms with Gasteiger partial charge >= 0.3 is 0 Å². The first-order valence-electron chi connectivity index (χ1n) is 11.5. The number of piperidine rings is 2. The van der Waals surface area contributed by atoms with Crippen LogP contribution in [0.3, 0.4) is 0 Å². The highest BCUT2D eigenvalue weighted by atomic mass is 32.2. The molecular formula is C22H34N8OS. The van der Waals surface area contributed by atoms with Crippen molar-refractivity contribution < 1.29 is 4.79 Å².